The van der Waals surface area contributed by atoms with Gasteiger partial charge < -0.3 is 0 Å². The number of hydrogen-bond acceptors (Lipinski definition) is 3. The monoisotopic (exact) mass is 263 g/mol. The maximum atomic E-state index is 4.16. The molecule has 0 atom stereocenters. The summed E-state index contributed by atoms with van der Waals surface area (Å²) in [5.74, 6) is 0. The Hall–Kier alpha value is -2.95. The van der Waals surface area contributed by atoms with Crippen molar-refractivity contribution in [3.8, 4) is 11.3 Å². The third-order valence-corrected chi connectivity index (χ3v) is 2.79. The van der Waals surface area contributed by atoms with Gasteiger partial charge in [0.05, 0.1) is 17.6 Å². The lowest BCUT2D eigenvalue weighted by Crippen LogP contribution is -1.84. The van der Waals surface area contributed by atoms with Gasteiger partial charge in [0, 0.05) is 5.56 Å². The molecule has 98 valence electrons. The van der Waals surface area contributed by atoms with Crippen molar-refractivity contribution in [1.29, 1.82) is 0 Å². The number of hydrogen-bond donors (Lipinski definition) is 2. The molecule has 2 aromatic carbocycles. The molecule has 0 amide bonds. The zero-order chi connectivity index (χ0) is 13.6. The lowest BCUT2D eigenvalue weighted by molar-refractivity contribution is 1.10. The Morgan fingerprint density at radius 1 is 0.900 bits per heavy atom. The van der Waals surface area contributed by atoms with Crippen LogP contribution in [0.5, 0.6) is 0 Å². The lowest BCUT2D eigenvalue weighted by Gasteiger charge is -1.99. The highest BCUT2D eigenvalue weighted by atomic mass is 15.4. The number of nitrogens with one attached hydrogen (secondary N) is 2. The summed E-state index contributed by atoms with van der Waals surface area (Å²) in [5, 5.41) is 15.1. The molecule has 1 aromatic heterocycles. The van der Waals surface area contributed by atoms with Crippen LogP contribution in [0.1, 0.15) is 0 Å². The van der Waals surface area contributed by atoms with Crippen LogP contribution in [0.4, 0.5) is 11.4 Å². The van der Waals surface area contributed by atoms with Crippen LogP contribution in [0.2, 0.25) is 0 Å². The first-order valence-corrected chi connectivity index (χ1v) is 6.24. The quantitative estimate of drug-likeness (QED) is 0.547. The van der Waals surface area contributed by atoms with Gasteiger partial charge in [0.15, 0.2) is 0 Å². The highest BCUT2D eigenvalue weighted by molar-refractivity contribution is 5.70. The van der Waals surface area contributed by atoms with Crippen LogP contribution in [-0.4, -0.2) is 10.2 Å². The fourth-order valence-electron chi connectivity index (χ4n) is 1.82. The van der Waals surface area contributed by atoms with E-state index in [-0.39, 0.29) is 0 Å². The smallest absolute Gasteiger partial charge is 0.133 e. The molecule has 3 rings (SSSR count). The summed E-state index contributed by atoms with van der Waals surface area (Å²) in [6.07, 6.45) is 1.65. The molecule has 0 bridgehead atoms. The Morgan fingerprint density at radius 2 is 1.60 bits per heavy atom. The van der Waals surface area contributed by atoms with Crippen LogP contribution < -0.4 is 5.43 Å². The Bertz CT molecular complexity index is 689. The standard InChI is InChI=1S/C15H13N5/c1-3-7-12(8-4-1)15-14(11-16-19-15)18-20-17-13-9-5-2-6-10-13/h1-11H,(H,16,19)(H,17,18). The molecule has 0 radical (unpaired) electrons. The van der Waals surface area contributed by atoms with Crippen molar-refractivity contribution < 1.29 is 0 Å². The van der Waals surface area contributed by atoms with E-state index in [0.717, 1.165) is 16.9 Å². The van der Waals surface area contributed by atoms with Gasteiger partial charge in [-0.15, -0.1) is 5.11 Å². The molecule has 5 heteroatoms. The van der Waals surface area contributed by atoms with Crippen LogP contribution in [0.25, 0.3) is 11.3 Å². The van der Waals surface area contributed by atoms with E-state index in [4.69, 9.17) is 0 Å². The van der Waals surface area contributed by atoms with Crippen LogP contribution in [0, 0.1) is 0 Å². The first-order chi connectivity index (χ1) is 9.93. The van der Waals surface area contributed by atoms with E-state index in [2.05, 4.69) is 26.0 Å². The van der Waals surface area contributed by atoms with Crippen molar-refractivity contribution in [3.05, 3.63) is 66.9 Å². The summed E-state index contributed by atoms with van der Waals surface area (Å²) in [6.45, 7) is 0. The van der Waals surface area contributed by atoms with E-state index >= 15 is 0 Å². The van der Waals surface area contributed by atoms with Crippen LogP contribution in [-0.2, 0) is 0 Å². The van der Waals surface area contributed by atoms with Crippen molar-refractivity contribution in [1.82, 2.24) is 10.2 Å². The largest absolute Gasteiger partial charge is 0.275 e. The average molecular weight is 263 g/mol. The number of aromatic nitrogens is 2. The van der Waals surface area contributed by atoms with Crippen molar-refractivity contribution in [3.63, 3.8) is 0 Å². The molecule has 3 aromatic rings. The van der Waals surface area contributed by atoms with E-state index in [0.29, 0.717) is 5.69 Å². The second-order valence-electron chi connectivity index (χ2n) is 4.17. The highest BCUT2D eigenvalue weighted by Gasteiger charge is 2.06. The second kappa shape index (κ2) is 5.79. The summed E-state index contributed by atoms with van der Waals surface area (Å²) in [4.78, 5) is 0. The zero-order valence-corrected chi connectivity index (χ0v) is 10.7. The van der Waals surface area contributed by atoms with Gasteiger partial charge in [-0.3, -0.25) is 10.5 Å². The third kappa shape index (κ3) is 2.72. The number of benzene rings is 2. The summed E-state index contributed by atoms with van der Waals surface area (Å²) in [7, 11) is 0. The minimum Gasteiger partial charge on any atom is -0.275 e. The molecule has 0 aliphatic carbocycles. The molecular weight excluding hydrogens is 250 g/mol. The minimum atomic E-state index is 0.694. The first-order valence-electron chi connectivity index (χ1n) is 6.24. The molecule has 0 fully saturated rings. The Labute approximate surface area is 116 Å². The van der Waals surface area contributed by atoms with E-state index in [9.17, 15) is 0 Å². The predicted octanol–water partition coefficient (Wildman–Crippen LogP) is 4.19. The molecule has 0 spiro atoms. The Balaban J connectivity index is 1.77. The van der Waals surface area contributed by atoms with Gasteiger partial charge in [-0.2, -0.15) is 5.10 Å². The molecule has 20 heavy (non-hydrogen) atoms. The summed E-state index contributed by atoms with van der Waals surface area (Å²) >= 11 is 0. The van der Waals surface area contributed by atoms with Gasteiger partial charge >= 0.3 is 0 Å². The fraction of sp³-hybridized carbons (Fsp3) is 0. The average Bonchev–Trinajstić information content (AvgIpc) is 2.98. The highest BCUT2D eigenvalue weighted by Crippen LogP contribution is 2.27. The van der Waals surface area contributed by atoms with Crippen molar-refractivity contribution in [2.45, 2.75) is 0 Å². The van der Waals surface area contributed by atoms with E-state index in [1.54, 1.807) is 6.20 Å². The van der Waals surface area contributed by atoms with Gasteiger partial charge in [0.1, 0.15) is 5.69 Å². The lowest BCUT2D eigenvalue weighted by atomic mass is 10.1. The summed E-state index contributed by atoms with van der Waals surface area (Å²) in [5.41, 5.74) is 6.34. The SMILES string of the molecule is c1ccc(NN=Nc2cn[nH]c2-c2ccccc2)cc1. The summed E-state index contributed by atoms with van der Waals surface area (Å²) in [6, 6.07) is 19.6. The Kier molecular flexibility index (Phi) is 3.51. The topological polar surface area (TPSA) is 65.4 Å². The number of rotatable bonds is 4. The number of H-pyrrole nitrogens is 1. The van der Waals surface area contributed by atoms with Gasteiger partial charge in [0.2, 0.25) is 0 Å². The molecule has 0 saturated carbocycles. The number of anilines is 1. The number of para-hydroxylation sites is 1. The molecular formula is C15H13N5. The molecule has 2 N–H and O–H groups in total. The number of aromatic amines is 1. The minimum absolute atomic E-state index is 0.694. The van der Waals surface area contributed by atoms with Crippen LogP contribution in [0.15, 0.2) is 77.2 Å². The van der Waals surface area contributed by atoms with Crippen LogP contribution in [0.3, 0.4) is 0 Å². The molecule has 0 aliphatic heterocycles. The molecule has 1 heterocycles. The van der Waals surface area contributed by atoms with Gasteiger partial charge in [0.25, 0.3) is 0 Å². The van der Waals surface area contributed by atoms with Crippen molar-refractivity contribution >= 4 is 11.4 Å². The molecule has 0 unspecified atom stereocenters. The van der Waals surface area contributed by atoms with E-state index in [1.807, 2.05) is 60.7 Å². The normalized spacial score (nSPS) is 10.8. The number of nitrogens with zero attached hydrogens (tertiary/aromatic N) is 3. The zero-order valence-electron chi connectivity index (χ0n) is 10.7. The maximum absolute atomic E-state index is 4.16. The third-order valence-electron chi connectivity index (χ3n) is 2.79. The van der Waals surface area contributed by atoms with Crippen LogP contribution >= 0.6 is 0 Å². The van der Waals surface area contributed by atoms with Crippen molar-refractivity contribution in [2.24, 2.45) is 10.3 Å². The van der Waals surface area contributed by atoms with E-state index < -0.39 is 0 Å². The van der Waals surface area contributed by atoms with Crippen molar-refractivity contribution in [2.75, 3.05) is 5.43 Å². The fourth-order valence-corrected chi connectivity index (χ4v) is 1.82. The maximum Gasteiger partial charge on any atom is 0.133 e. The molecule has 0 saturated heterocycles. The van der Waals surface area contributed by atoms with Gasteiger partial charge in [-0.1, -0.05) is 53.8 Å². The van der Waals surface area contributed by atoms with E-state index in [1.165, 1.54) is 0 Å². The first kappa shape index (κ1) is 12.1. The van der Waals surface area contributed by atoms with Gasteiger partial charge in [-0.05, 0) is 12.1 Å². The second-order valence-corrected chi connectivity index (χ2v) is 4.17. The molecule has 0 aliphatic rings. The predicted molar refractivity (Wildman–Crippen MR) is 78.6 cm³/mol. The summed E-state index contributed by atoms with van der Waals surface area (Å²) < 4.78 is 0. The van der Waals surface area contributed by atoms with Gasteiger partial charge in [-0.25, -0.2) is 0 Å². The Morgan fingerprint density at radius 3 is 2.35 bits per heavy atom. The molecule has 5 nitrogen and oxygen atoms in total.